The average Bonchev–Trinajstić information content (AvgIpc) is 2.87. The van der Waals surface area contributed by atoms with Crippen LogP contribution >= 0.6 is 0 Å². The van der Waals surface area contributed by atoms with Gasteiger partial charge in [-0.05, 0) is 54.4 Å². The van der Waals surface area contributed by atoms with Gasteiger partial charge in [0.25, 0.3) is 5.91 Å². The molecule has 1 amide bonds. The summed E-state index contributed by atoms with van der Waals surface area (Å²) in [6.07, 6.45) is 2.59. The number of hydrogen-bond acceptors (Lipinski definition) is 7. The van der Waals surface area contributed by atoms with Crippen LogP contribution in [0.5, 0.6) is 17.2 Å². The summed E-state index contributed by atoms with van der Waals surface area (Å²) in [4.78, 5) is 12.6. The van der Waals surface area contributed by atoms with E-state index < -0.39 is 15.9 Å². The van der Waals surface area contributed by atoms with Crippen LogP contribution < -0.4 is 23.9 Å². The molecule has 0 unspecified atom stereocenters. The van der Waals surface area contributed by atoms with Crippen LogP contribution in [0, 0.1) is 6.92 Å². The van der Waals surface area contributed by atoms with Crippen molar-refractivity contribution in [1.29, 1.82) is 0 Å². The molecule has 0 saturated carbocycles. The molecule has 3 aromatic rings. The predicted octanol–water partition coefficient (Wildman–Crippen LogP) is 3.75. The maximum atomic E-state index is 12.6. The van der Waals surface area contributed by atoms with Crippen LogP contribution in [0.25, 0.3) is 0 Å². The lowest BCUT2D eigenvalue weighted by atomic mass is 10.1. The van der Waals surface area contributed by atoms with Gasteiger partial charge in [0.2, 0.25) is 15.8 Å². The second kappa shape index (κ2) is 11.6. The highest BCUT2D eigenvalue weighted by molar-refractivity contribution is 7.92. The Morgan fingerprint density at radius 3 is 2.19 bits per heavy atom. The number of nitrogens with zero attached hydrogens (tertiary/aromatic N) is 2. The van der Waals surface area contributed by atoms with Crippen LogP contribution in [0.4, 0.5) is 5.69 Å². The molecule has 9 nitrogen and oxygen atoms in total. The number of ether oxygens (including phenoxy) is 3. The van der Waals surface area contributed by atoms with Gasteiger partial charge in [-0.15, -0.1) is 0 Å². The van der Waals surface area contributed by atoms with E-state index in [1.54, 1.807) is 36.4 Å². The van der Waals surface area contributed by atoms with Crippen molar-refractivity contribution in [3.63, 3.8) is 0 Å². The standard InChI is InChI=1S/C26H29N3O6S/c1-18-8-6-7-9-21(18)17-29(36(5,31)32)22-13-10-19(11-14-22)26(30)28-27-16-20-12-15-23(33-2)25(35-4)24(20)34-3/h6-16H,17H2,1-5H3,(H,28,30)/b27-16-. The number of benzene rings is 3. The van der Waals surface area contributed by atoms with Crippen LogP contribution in [-0.2, 0) is 16.6 Å². The fraction of sp³-hybridized carbons (Fsp3) is 0.231. The average molecular weight is 512 g/mol. The van der Waals surface area contributed by atoms with E-state index in [0.717, 1.165) is 17.4 Å². The van der Waals surface area contributed by atoms with Crippen LogP contribution in [0.2, 0.25) is 0 Å². The zero-order valence-electron chi connectivity index (χ0n) is 20.8. The van der Waals surface area contributed by atoms with E-state index >= 15 is 0 Å². The molecular weight excluding hydrogens is 482 g/mol. The SMILES string of the molecule is COc1ccc(/C=N\NC(=O)c2ccc(N(Cc3ccccc3C)S(C)(=O)=O)cc2)c(OC)c1OC. The van der Waals surface area contributed by atoms with Crippen molar-refractivity contribution < 1.29 is 27.4 Å². The summed E-state index contributed by atoms with van der Waals surface area (Å²) in [6, 6.07) is 17.3. The number of anilines is 1. The lowest BCUT2D eigenvalue weighted by Gasteiger charge is -2.23. The highest BCUT2D eigenvalue weighted by Crippen LogP contribution is 2.39. The van der Waals surface area contributed by atoms with Gasteiger partial charge in [0.05, 0.1) is 46.0 Å². The lowest BCUT2D eigenvalue weighted by Crippen LogP contribution is -2.29. The largest absolute Gasteiger partial charge is 0.493 e. The maximum Gasteiger partial charge on any atom is 0.271 e. The van der Waals surface area contributed by atoms with Crippen molar-refractivity contribution in [2.24, 2.45) is 5.10 Å². The van der Waals surface area contributed by atoms with E-state index in [-0.39, 0.29) is 6.54 Å². The Labute approximate surface area is 211 Å². The summed E-state index contributed by atoms with van der Waals surface area (Å²) in [5.74, 6) is 0.865. The maximum absolute atomic E-state index is 12.6. The molecule has 0 aliphatic carbocycles. The number of carbonyl (C=O) groups excluding carboxylic acids is 1. The fourth-order valence-electron chi connectivity index (χ4n) is 3.57. The van der Waals surface area contributed by atoms with Gasteiger partial charge in [-0.3, -0.25) is 9.10 Å². The quantitative estimate of drug-likeness (QED) is 0.328. The Balaban J connectivity index is 1.76. The first-order valence-electron chi connectivity index (χ1n) is 10.9. The topological polar surface area (TPSA) is 107 Å². The molecule has 10 heteroatoms. The highest BCUT2D eigenvalue weighted by Gasteiger charge is 2.19. The van der Waals surface area contributed by atoms with E-state index in [4.69, 9.17) is 14.2 Å². The van der Waals surface area contributed by atoms with E-state index in [9.17, 15) is 13.2 Å². The zero-order valence-corrected chi connectivity index (χ0v) is 21.6. The minimum atomic E-state index is -3.55. The van der Waals surface area contributed by atoms with Crippen molar-refractivity contribution in [2.45, 2.75) is 13.5 Å². The smallest absolute Gasteiger partial charge is 0.271 e. The molecule has 0 radical (unpaired) electrons. The third kappa shape index (κ3) is 6.14. The molecule has 0 atom stereocenters. The molecule has 0 heterocycles. The third-order valence-corrected chi connectivity index (χ3v) is 6.64. The Hall–Kier alpha value is -4.05. The molecule has 0 spiro atoms. The Morgan fingerprint density at radius 1 is 0.944 bits per heavy atom. The monoisotopic (exact) mass is 511 g/mol. The normalized spacial score (nSPS) is 11.2. The van der Waals surface area contributed by atoms with E-state index in [2.05, 4.69) is 10.5 Å². The Morgan fingerprint density at radius 2 is 1.61 bits per heavy atom. The van der Waals surface area contributed by atoms with Crippen molar-refractivity contribution in [3.8, 4) is 17.2 Å². The second-order valence-corrected chi connectivity index (χ2v) is 9.77. The van der Waals surface area contributed by atoms with E-state index in [0.29, 0.717) is 34.1 Å². The van der Waals surface area contributed by atoms with Crippen LogP contribution in [0.3, 0.4) is 0 Å². The van der Waals surface area contributed by atoms with Gasteiger partial charge in [-0.1, -0.05) is 24.3 Å². The van der Waals surface area contributed by atoms with Crippen molar-refractivity contribution in [2.75, 3.05) is 31.9 Å². The molecule has 190 valence electrons. The summed E-state index contributed by atoms with van der Waals surface area (Å²) in [5, 5.41) is 4.01. The summed E-state index contributed by atoms with van der Waals surface area (Å²) in [6.45, 7) is 2.12. The van der Waals surface area contributed by atoms with Gasteiger partial charge in [0, 0.05) is 11.1 Å². The fourth-order valence-corrected chi connectivity index (χ4v) is 4.45. The van der Waals surface area contributed by atoms with Crippen molar-refractivity contribution >= 4 is 27.8 Å². The minimum absolute atomic E-state index is 0.189. The molecule has 0 bridgehead atoms. The number of aryl methyl sites for hydroxylation is 1. The number of carbonyl (C=O) groups is 1. The van der Waals surface area contributed by atoms with Gasteiger partial charge >= 0.3 is 0 Å². The van der Waals surface area contributed by atoms with Crippen molar-refractivity contribution in [1.82, 2.24) is 5.43 Å². The van der Waals surface area contributed by atoms with Gasteiger partial charge in [-0.25, -0.2) is 13.8 Å². The van der Waals surface area contributed by atoms with Gasteiger partial charge in [-0.2, -0.15) is 5.10 Å². The molecule has 36 heavy (non-hydrogen) atoms. The summed E-state index contributed by atoms with van der Waals surface area (Å²) < 4.78 is 42.3. The van der Waals surface area contributed by atoms with Crippen molar-refractivity contribution in [3.05, 3.63) is 82.9 Å². The molecule has 3 aromatic carbocycles. The number of hydrazone groups is 1. The number of methoxy groups -OCH3 is 3. The molecule has 0 saturated heterocycles. The number of nitrogens with one attached hydrogen (secondary N) is 1. The van der Waals surface area contributed by atoms with Crippen LogP contribution in [0.1, 0.15) is 27.0 Å². The highest BCUT2D eigenvalue weighted by atomic mass is 32.2. The zero-order chi connectivity index (χ0) is 26.3. The van der Waals surface area contributed by atoms with Crippen LogP contribution in [-0.4, -0.2) is 48.1 Å². The predicted molar refractivity (Wildman–Crippen MR) is 140 cm³/mol. The second-order valence-electron chi connectivity index (χ2n) is 7.87. The minimum Gasteiger partial charge on any atom is -0.493 e. The summed E-state index contributed by atoms with van der Waals surface area (Å²) in [5.41, 5.74) is 5.70. The van der Waals surface area contributed by atoms with Gasteiger partial charge in [0.1, 0.15) is 0 Å². The van der Waals surface area contributed by atoms with Gasteiger partial charge in [0.15, 0.2) is 11.5 Å². The number of rotatable bonds is 10. The van der Waals surface area contributed by atoms with E-state index in [1.807, 2.05) is 31.2 Å². The number of hydrogen-bond donors (Lipinski definition) is 1. The molecule has 3 rings (SSSR count). The third-order valence-electron chi connectivity index (χ3n) is 5.50. The number of sulfonamides is 1. The number of amides is 1. The molecular formula is C26H29N3O6S. The van der Waals surface area contributed by atoms with E-state index in [1.165, 1.54) is 31.8 Å². The summed E-state index contributed by atoms with van der Waals surface area (Å²) >= 11 is 0. The molecule has 0 fully saturated rings. The molecule has 0 aliphatic rings. The Bertz CT molecular complexity index is 1350. The molecule has 1 N–H and O–H groups in total. The summed E-state index contributed by atoms with van der Waals surface area (Å²) in [7, 11) is 0.965. The van der Waals surface area contributed by atoms with Crippen LogP contribution in [0.15, 0.2) is 65.8 Å². The Kier molecular flexibility index (Phi) is 8.55. The lowest BCUT2D eigenvalue weighted by molar-refractivity contribution is 0.0955. The molecule has 0 aromatic heterocycles. The first-order valence-corrected chi connectivity index (χ1v) is 12.8. The first-order chi connectivity index (χ1) is 17.2. The first kappa shape index (κ1) is 26.6. The van der Waals surface area contributed by atoms with Gasteiger partial charge < -0.3 is 14.2 Å². The molecule has 0 aliphatic heterocycles.